The second-order valence-corrected chi connectivity index (χ2v) is 11.7. The van der Waals surface area contributed by atoms with E-state index in [1.165, 1.54) is 0 Å². The molecule has 0 aromatic carbocycles. The standard InChI is InChI=1S/C26H48N2O8/c1-27(2,3)19-21(17-23(29)30)35-25(33)15-13-11-9-7-8-10-12-14-16-26(34)36-22(18-24(31)32)20-28(4,5)6/h21-22H,7-20H2,1-6H3. The lowest BCUT2D eigenvalue weighted by atomic mass is 10.1. The van der Waals surface area contributed by atoms with Gasteiger partial charge in [0.25, 0.3) is 0 Å². The van der Waals surface area contributed by atoms with E-state index in [0.29, 0.717) is 34.9 Å². The third-order valence-electron chi connectivity index (χ3n) is 5.40. The number of aliphatic carboxylic acids is 2. The van der Waals surface area contributed by atoms with Gasteiger partial charge >= 0.3 is 11.9 Å². The number of hydrogen-bond donors (Lipinski definition) is 0. The number of quaternary nitrogens is 2. The number of carbonyl (C=O) groups is 4. The second kappa shape index (κ2) is 17.3. The van der Waals surface area contributed by atoms with E-state index >= 15 is 0 Å². The van der Waals surface area contributed by atoms with Crippen LogP contribution in [0.5, 0.6) is 0 Å². The third kappa shape index (κ3) is 22.3. The molecule has 10 heteroatoms. The average molecular weight is 517 g/mol. The highest BCUT2D eigenvalue weighted by molar-refractivity contribution is 5.71. The van der Waals surface area contributed by atoms with Crippen molar-refractivity contribution in [2.75, 3.05) is 55.4 Å². The molecule has 0 radical (unpaired) electrons. The minimum absolute atomic E-state index is 0.274. The summed E-state index contributed by atoms with van der Waals surface area (Å²) in [5.74, 6) is -3.19. The highest BCUT2D eigenvalue weighted by Crippen LogP contribution is 2.13. The van der Waals surface area contributed by atoms with E-state index in [9.17, 15) is 29.4 Å². The molecule has 0 aliphatic rings. The summed E-state index contributed by atoms with van der Waals surface area (Å²) >= 11 is 0. The molecule has 0 spiro atoms. The first-order chi connectivity index (χ1) is 16.6. The van der Waals surface area contributed by atoms with Crippen LogP contribution in [0.15, 0.2) is 0 Å². The molecule has 0 amide bonds. The number of carboxylic acids is 2. The van der Waals surface area contributed by atoms with Gasteiger partial charge in [0.15, 0.2) is 12.2 Å². The Hall–Kier alpha value is -2.20. The van der Waals surface area contributed by atoms with Crippen LogP contribution in [0.2, 0.25) is 0 Å². The molecule has 0 aliphatic heterocycles. The van der Waals surface area contributed by atoms with Gasteiger partial charge in [-0.05, 0) is 12.8 Å². The van der Waals surface area contributed by atoms with Crippen LogP contribution < -0.4 is 10.2 Å². The molecule has 0 rings (SSSR count). The SMILES string of the molecule is C[N+](C)(C)CC(CC(=O)[O-])OC(=O)CCCCCCCCCCC(=O)OC(CC(=O)[O-])C[N+](C)(C)C. The summed E-state index contributed by atoms with van der Waals surface area (Å²) in [6, 6.07) is 0. The zero-order valence-corrected chi connectivity index (χ0v) is 23.2. The van der Waals surface area contributed by atoms with Crippen LogP contribution in [0.4, 0.5) is 0 Å². The number of nitrogens with zero attached hydrogens (tertiary/aromatic N) is 2. The molecule has 0 aromatic rings. The number of likely N-dealkylation sites (N-methyl/N-ethyl adjacent to an activating group) is 2. The fourth-order valence-corrected chi connectivity index (χ4v) is 3.97. The van der Waals surface area contributed by atoms with Gasteiger partial charge in [0.2, 0.25) is 0 Å². The first-order valence-corrected chi connectivity index (χ1v) is 13.0. The number of hydrogen-bond acceptors (Lipinski definition) is 8. The van der Waals surface area contributed by atoms with Gasteiger partial charge in [-0.1, -0.05) is 38.5 Å². The summed E-state index contributed by atoms with van der Waals surface area (Å²) < 4.78 is 11.7. The van der Waals surface area contributed by atoms with Gasteiger partial charge in [-0.25, -0.2) is 0 Å². The Morgan fingerprint density at radius 1 is 0.556 bits per heavy atom. The van der Waals surface area contributed by atoms with Crippen molar-refractivity contribution in [2.24, 2.45) is 0 Å². The molecule has 2 unspecified atom stereocenters. The van der Waals surface area contributed by atoms with Crippen LogP contribution in [0.25, 0.3) is 0 Å². The van der Waals surface area contributed by atoms with E-state index in [0.717, 1.165) is 38.5 Å². The fraction of sp³-hybridized carbons (Fsp3) is 0.846. The first kappa shape index (κ1) is 33.8. The van der Waals surface area contributed by atoms with Gasteiger partial charge in [-0.3, -0.25) is 9.59 Å². The number of ether oxygens (including phenoxy) is 2. The Labute approximate surface area is 216 Å². The van der Waals surface area contributed by atoms with Crippen molar-refractivity contribution in [3.05, 3.63) is 0 Å². The summed E-state index contributed by atoms with van der Waals surface area (Å²) in [7, 11) is 11.4. The normalized spacial score (nSPS) is 13.6. The number of carbonyl (C=O) groups excluding carboxylic acids is 4. The summed E-state index contributed by atoms with van der Waals surface area (Å²) in [4.78, 5) is 45.9. The van der Waals surface area contributed by atoms with E-state index in [-0.39, 0.29) is 37.6 Å². The maximum atomic E-state index is 12.1. The average Bonchev–Trinajstić information content (AvgIpc) is 2.65. The van der Waals surface area contributed by atoms with Crippen LogP contribution in [-0.2, 0) is 28.7 Å². The Bertz CT molecular complexity index is 624. The molecule has 0 saturated heterocycles. The molecule has 0 saturated carbocycles. The van der Waals surface area contributed by atoms with Gasteiger partial charge in [-0.2, -0.15) is 0 Å². The minimum atomic E-state index is -1.22. The van der Waals surface area contributed by atoms with Crippen molar-refractivity contribution < 1.29 is 47.8 Å². The van der Waals surface area contributed by atoms with Crippen LogP contribution in [-0.4, -0.2) is 100 Å². The van der Waals surface area contributed by atoms with Crippen LogP contribution in [0, 0.1) is 0 Å². The number of esters is 2. The van der Waals surface area contributed by atoms with Gasteiger partial charge in [0.1, 0.15) is 13.1 Å². The van der Waals surface area contributed by atoms with Crippen molar-refractivity contribution in [3.8, 4) is 0 Å². The van der Waals surface area contributed by atoms with E-state index in [1.54, 1.807) is 0 Å². The minimum Gasteiger partial charge on any atom is -0.550 e. The zero-order valence-electron chi connectivity index (χ0n) is 23.2. The van der Waals surface area contributed by atoms with Crippen molar-refractivity contribution >= 4 is 23.9 Å². The molecule has 2 atom stereocenters. The molecule has 0 N–H and O–H groups in total. The predicted molar refractivity (Wildman–Crippen MR) is 131 cm³/mol. The monoisotopic (exact) mass is 516 g/mol. The molecule has 0 bridgehead atoms. The third-order valence-corrected chi connectivity index (χ3v) is 5.40. The van der Waals surface area contributed by atoms with E-state index < -0.39 is 24.1 Å². The lowest BCUT2D eigenvalue weighted by molar-refractivity contribution is -0.873. The maximum absolute atomic E-state index is 12.1. The van der Waals surface area contributed by atoms with Crippen LogP contribution in [0.1, 0.15) is 77.0 Å². The van der Waals surface area contributed by atoms with Crippen LogP contribution >= 0.6 is 0 Å². The molecular formula is C26H48N2O8. The van der Waals surface area contributed by atoms with Crippen molar-refractivity contribution in [1.29, 1.82) is 0 Å². The van der Waals surface area contributed by atoms with E-state index in [1.807, 2.05) is 42.3 Å². The molecule has 0 aliphatic carbocycles. The van der Waals surface area contributed by atoms with Gasteiger partial charge in [0, 0.05) is 37.6 Å². The zero-order chi connectivity index (χ0) is 27.8. The topological polar surface area (TPSA) is 133 Å². The Morgan fingerprint density at radius 2 is 0.833 bits per heavy atom. The highest BCUT2D eigenvalue weighted by Gasteiger charge is 2.23. The largest absolute Gasteiger partial charge is 0.550 e. The molecule has 0 fully saturated rings. The number of carboxylic acid groups (broad SMARTS) is 2. The van der Waals surface area contributed by atoms with Gasteiger partial charge in [0.05, 0.1) is 42.3 Å². The summed E-state index contributed by atoms with van der Waals surface area (Å²) in [6.07, 6.45) is 5.84. The van der Waals surface area contributed by atoms with Crippen molar-refractivity contribution in [2.45, 2.75) is 89.3 Å². The van der Waals surface area contributed by atoms with E-state index in [2.05, 4.69) is 0 Å². The fourth-order valence-electron chi connectivity index (χ4n) is 3.97. The van der Waals surface area contributed by atoms with Gasteiger partial charge < -0.3 is 38.2 Å². The highest BCUT2D eigenvalue weighted by atomic mass is 16.5. The van der Waals surface area contributed by atoms with Crippen LogP contribution in [0.3, 0.4) is 0 Å². The molecule has 0 aromatic heterocycles. The lowest BCUT2D eigenvalue weighted by Crippen LogP contribution is -2.45. The second-order valence-electron chi connectivity index (χ2n) is 11.7. The maximum Gasteiger partial charge on any atom is 0.306 e. The predicted octanol–water partition coefficient (Wildman–Crippen LogP) is 0.403. The smallest absolute Gasteiger partial charge is 0.306 e. The molecular weight excluding hydrogens is 468 g/mol. The first-order valence-electron chi connectivity index (χ1n) is 13.0. The summed E-state index contributed by atoms with van der Waals surface area (Å²) in [5.41, 5.74) is 0. The Morgan fingerprint density at radius 3 is 1.08 bits per heavy atom. The number of unbranched alkanes of at least 4 members (excludes halogenated alkanes) is 7. The molecule has 210 valence electrons. The molecule has 0 heterocycles. The molecule has 10 nitrogen and oxygen atoms in total. The summed E-state index contributed by atoms with van der Waals surface area (Å²) in [5, 5.41) is 21.8. The van der Waals surface area contributed by atoms with Crippen molar-refractivity contribution in [1.82, 2.24) is 0 Å². The Balaban J connectivity index is 3.93. The van der Waals surface area contributed by atoms with E-state index in [4.69, 9.17) is 9.47 Å². The van der Waals surface area contributed by atoms with Crippen molar-refractivity contribution in [3.63, 3.8) is 0 Å². The summed E-state index contributed by atoms with van der Waals surface area (Å²) in [6.45, 7) is 0.822. The quantitative estimate of drug-likeness (QED) is 0.122. The van der Waals surface area contributed by atoms with Gasteiger partial charge in [-0.15, -0.1) is 0 Å². The number of rotatable bonds is 21. The Kier molecular flexibility index (Phi) is 16.2. The molecule has 36 heavy (non-hydrogen) atoms. The lowest BCUT2D eigenvalue weighted by Gasteiger charge is -2.29.